The number of aromatic amines is 2. The first-order valence-electron chi connectivity index (χ1n) is 4.94. The van der Waals surface area contributed by atoms with Gasteiger partial charge in [0.2, 0.25) is 0 Å². The van der Waals surface area contributed by atoms with Crippen LogP contribution in [0, 0.1) is 0 Å². The van der Waals surface area contributed by atoms with E-state index in [9.17, 15) is 4.79 Å². The fraction of sp³-hybridized carbons (Fsp3) is 0.400. The maximum atomic E-state index is 11.3. The minimum Gasteiger partial charge on any atom is -0.281 e. The Labute approximate surface area is 80.3 Å². The van der Waals surface area contributed by atoms with Gasteiger partial charge in [-0.1, -0.05) is 0 Å². The first-order chi connectivity index (χ1) is 6.84. The number of aryl methyl sites for hydroxylation is 2. The third-order valence-electron chi connectivity index (χ3n) is 2.84. The summed E-state index contributed by atoms with van der Waals surface area (Å²) in [4.78, 5) is 15.8. The van der Waals surface area contributed by atoms with E-state index in [1.54, 1.807) is 0 Å². The summed E-state index contributed by atoms with van der Waals surface area (Å²) in [7, 11) is 0. The molecule has 2 aromatic heterocycles. The molecule has 1 aliphatic rings. The van der Waals surface area contributed by atoms with E-state index in [2.05, 4.69) is 15.2 Å². The summed E-state index contributed by atoms with van der Waals surface area (Å²) in [5.41, 5.74) is 3.02. The van der Waals surface area contributed by atoms with E-state index in [1.807, 2.05) is 6.07 Å². The highest BCUT2D eigenvalue weighted by Crippen LogP contribution is 2.21. The van der Waals surface area contributed by atoms with Gasteiger partial charge in [0.15, 0.2) is 5.65 Å². The lowest BCUT2D eigenvalue weighted by Crippen LogP contribution is -2.06. The van der Waals surface area contributed by atoms with Gasteiger partial charge in [0, 0.05) is 5.69 Å². The van der Waals surface area contributed by atoms with Crippen LogP contribution in [-0.4, -0.2) is 15.2 Å². The van der Waals surface area contributed by atoms with Crippen molar-refractivity contribution in [2.75, 3.05) is 0 Å². The average molecular weight is 189 g/mol. The average Bonchev–Trinajstić information content (AvgIpc) is 2.57. The third-order valence-corrected chi connectivity index (χ3v) is 2.84. The maximum absolute atomic E-state index is 11.3. The predicted molar refractivity (Wildman–Crippen MR) is 53.4 cm³/mol. The number of rotatable bonds is 0. The quantitative estimate of drug-likeness (QED) is 0.652. The van der Waals surface area contributed by atoms with Crippen molar-refractivity contribution < 1.29 is 0 Å². The molecule has 0 unspecified atom stereocenters. The molecule has 0 spiro atoms. The molecule has 0 radical (unpaired) electrons. The van der Waals surface area contributed by atoms with E-state index in [4.69, 9.17) is 0 Å². The van der Waals surface area contributed by atoms with Crippen molar-refractivity contribution in [1.82, 2.24) is 15.2 Å². The van der Waals surface area contributed by atoms with Crippen molar-refractivity contribution in [3.63, 3.8) is 0 Å². The van der Waals surface area contributed by atoms with Crippen LogP contribution in [0.5, 0.6) is 0 Å². The fourth-order valence-corrected chi connectivity index (χ4v) is 2.09. The molecular weight excluding hydrogens is 178 g/mol. The normalized spacial score (nSPS) is 15.7. The fourth-order valence-electron chi connectivity index (χ4n) is 2.09. The Morgan fingerprint density at radius 3 is 3.00 bits per heavy atom. The lowest BCUT2D eigenvalue weighted by Gasteiger charge is -2.13. The molecule has 2 aromatic rings. The molecule has 4 nitrogen and oxygen atoms in total. The molecule has 0 amide bonds. The number of pyridine rings is 1. The summed E-state index contributed by atoms with van der Waals surface area (Å²) in [6.07, 6.45) is 4.52. The van der Waals surface area contributed by atoms with E-state index in [0.717, 1.165) is 18.5 Å². The molecule has 0 saturated carbocycles. The van der Waals surface area contributed by atoms with Crippen LogP contribution in [0.15, 0.2) is 10.9 Å². The number of hydrogen-bond donors (Lipinski definition) is 2. The molecule has 0 saturated heterocycles. The second kappa shape index (κ2) is 2.70. The zero-order valence-corrected chi connectivity index (χ0v) is 7.76. The Kier molecular flexibility index (Phi) is 1.50. The molecule has 2 N–H and O–H groups in total. The smallest absolute Gasteiger partial charge is 0.273 e. The van der Waals surface area contributed by atoms with Crippen LogP contribution in [0.1, 0.15) is 24.1 Å². The van der Waals surface area contributed by atoms with Crippen molar-refractivity contribution in [3.8, 4) is 0 Å². The summed E-state index contributed by atoms with van der Waals surface area (Å²) in [5.74, 6) is 0. The Morgan fingerprint density at radius 1 is 1.21 bits per heavy atom. The number of H-pyrrole nitrogens is 2. The minimum absolute atomic E-state index is 0.0686. The molecule has 0 bridgehead atoms. The molecule has 0 aliphatic heterocycles. The molecule has 14 heavy (non-hydrogen) atoms. The molecule has 0 atom stereocenters. The number of aromatic nitrogens is 3. The summed E-state index contributed by atoms with van der Waals surface area (Å²) >= 11 is 0. The SMILES string of the molecule is O=c1[nH][nH]c2nc3c(cc12)CCCC3. The van der Waals surface area contributed by atoms with Gasteiger partial charge in [-0.2, -0.15) is 0 Å². The first-order valence-corrected chi connectivity index (χ1v) is 4.94. The number of fused-ring (bicyclic) bond motifs is 2. The summed E-state index contributed by atoms with van der Waals surface area (Å²) in [6, 6.07) is 1.98. The van der Waals surface area contributed by atoms with E-state index in [1.165, 1.54) is 18.4 Å². The molecular formula is C10H11N3O. The molecule has 3 rings (SSSR count). The zero-order valence-electron chi connectivity index (χ0n) is 7.76. The standard InChI is InChI=1S/C10H11N3O/c14-10-7-5-6-3-1-2-4-8(6)11-9(7)12-13-10/h5H,1-4H2,(H2,11,12,13,14). The largest absolute Gasteiger partial charge is 0.281 e. The Morgan fingerprint density at radius 2 is 2.07 bits per heavy atom. The van der Waals surface area contributed by atoms with Crippen LogP contribution in [-0.2, 0) is 12.8 Å². The zero-order chi connectivity index (χ0) is 9.54. The van der Waals surface area contributed by atoms with Crippen LogP contribution in [0.25, 0.3) is 11.0 Å². The van der Waals surface area contributed by atoms with Gasteiger partial charge < -0.3 is 0 Å². The number of nitrogens with one attached hydrogen (secondary N) is 2. The highest BCUT2D eigenvalue weighted by molar-refractivity contribution is 5.74. The first kappa shape index (κ1) is 7.79. The summed E-state index contributed by atoms with van der Waals surface area (Å²) < 4.78 is 0. The summed E-state index contributed by atoms with van der Waals surface area (Å²) in [6.45, 7) is 0. The third kappa shape index (κ3) is 0.999. The molecule has 72 valence electrons. The van der Waals surface area contributed by atoms with Crippen molar-refractivity contribution >= 4 is 11.0 Å². The Hall–Kier alpha value is -1.58. The topological polar surface area (TPSA) is 61.5 Å². The van der Waals surface area contributed by atoms with Gasteiger partial charge in [-0.15, -0.1) is 0 Å². The van der Waals surface area contributed by atoms with Crippen molar-refractivity contribution in [1.29, 1.82) is 0 Å². The molecule has 1 aliphatic carbocycles. The highest BCUT2D eigenvalue weighted by atomic mass is 16.1. The van der Waals surface area contributed by atoms with E-state index < -0.39 is 0 Å². The lowest BCUT2D eigenvalue weighted by atomic mass is 9.96. The van der Waals surface area contributed by atoms with Gasteiger partial charge in [0.25, 0.3) is 5.56 Å². The molecule has 2 heterocycles. The van der Waals surface area contributed by atoms with Gasteiger partial charge in [0.1, 0.15) is 0 Å². The molecule has 4 heteroatoms. The van der Waals surface area contributed by atoms with Crippen LogP contribution in [0.4, 0.5) is 0 Å². The molecule has 0 aromatic carbocycles. The highest BCUT2D eigenvalue weighted by Gasteiger charge is 2.13. The van der Waals surface area contributed by atoms with Gasteiger partial charge in [0.05, 0.1) is 5.39 Å². The second-order valence-corrected chi connectivity index (χ2v) is 3.78. The van der Waals surface area contributed by atoms with Crippen LogP contribution in [0.2, 0.25) is 0 Å². The number of hydrogen-bond acceptors (Lipinski definition) is 2. The van der Waals surface area contributed by atoms with Gasteiger partial charge in [-0.05, 0) is 37.3 Å². The van der Waals surface area contributed by atoms with Crippen molar-refractivity contribution in [2.24, 2.45) is 0 Å². The van der Waals surface area contributed by atoms with Crippen LogP contribution >= 0.6 is 0 Å². The van der Waals surface area contributed by atoms with Crippen LogP contribution in [0.3, 0.4) is 0 Å². The van der Waals surface area contributed by atoms with Crippen molar-refractivity contribution in [3.05, 3.63) is 27.7 Å². The van der Waals surface area contributed by atoms with Gasteiger partial charge >= 0.3 is 0 Å². The second-order valence-electron chi connectivity index (χ2n) is 3.78. The van der Waals surface area contributed by atoms with Crippen molar-refractivity contribution in [2.45, 2.75) is 25.7 Å². The minimum atomic E-state index is -0.0686. The monoisotopic (exact) mass is 189 g/mol. The Bertz CT molecular complexity index is 538. The van der Waals surface area contributed by atoms with E-state index >= 15 is 0 Å². The molecule has 0 fully saturated rings. The van der Waals surface area contributed by atoms with Gasteiger partial charge in [-0.3, -0.25) is 15.0 Å². The lowest BCUT2D eigenvalue weighted by molar-refractivity contribution is 0.670. The van der Waals surface area contributed by atoms with Gasteiger partial charge in [-0.25, -0.2) is 4.98 Å². The van der Waals surface area contributed by atoms with E-state index in [0.29, 0.717) is 11.0 Å². The van der Waals surface area contributed by atoms with E-state index in [-0.39, 0.29) is 5.56 Å². The maximum Gasteiger partial charge on any atom is 0.273 e. The predicted octanol–water partition coefficient (Wildman–Crippen LogP) is 1.13. The Balaban J connectivity index is 2.35. The summed E-state index contributed by atoms with van der Waals surface area (Å²) in [5, 5.41) is 6.03. The number of nitrogens with zero attached hydrogens (tertiary/aromatic N) is 1. The van der Waals surface area contributed by atoms with Crippen LogP contribution < -0.4 is 5.56 Å².